The van der Waals surface area contributed by atoms with Gasteiger partial charge in [-0.15, -0.1) is 0 Å². The molecule has 0 unspecified atom stereocenters. The van der Waals surface area contributed by atoms with Gasteiger partial charge in [0.1, 0.15) is 11.5 Å². The molecule has 0 bridgehead atoms. The van der Waals surface area contributed by atoms with Crippen molar-refractivity contribution >= 4 is 29.1 Å². The van der Waals surface area contributed by atoms with Gasteiger partial charge in [-0.05, 0) is 48.5 Å². The van der Waals surface area contributed by atoms with Crippen LogP contribution in [0.25, 0.3) is 0 Å². The molecule has 0 saturated heterocycles. The average Bonchev–Trinajstić information content (AvgIpc) is 2.69. The molecule has 0 saturated carbocycles. The van der Waals surface area contributed by atoms with Crippen molar-refractivity contribution in [2.45, 2.75) is 6.18 Å². The average molecular weight is 435 g/mol. The number of nitrogens with two attached hydrogens (primary N) is 1. The number of carbonyl (C=O) groups is 2. The van der Waals surface area contributed by atoms with Crippen molar-refractivity contribution in [3.05, 3.63) is 88.4 Å². The minimum atomic E-state index is -4.66. The van der Waals surface area contributed by atoms with Crippen molar-refractivity contribution < 1.29 is 27.5 Å². The fourth-order valence-corrected chi connectivity index (χ4v) is 2.74. The fourth-order valence-electron chi connectivity index (χ4n) is 2.57. The molecule has 0 heterocycles. The number of para-hydroxylation sites is 1. The topological polar surface area (TPSA) is 81.4 Å². The van der Waals surface area contributed by atoms with E-state index in [9.17, 15) is 22.8 Å². The maximum Gasteiger partial charge on any atom is 0.416 e. The lowest BCUT2D eigenvalue weighted by Crippen LogP contribution is -2.16. The molecule has 9 heteroatoms. The van der Waals surface area contributed by atoms with Gasteiger partial charge in [0.25, 0.3) is 5.91 Å². The monoisotopic (exact) mass is 434 g/mol. The highest BCUT2D eigenvalue weighted by Gasteiger charge is 2.32. The van der Waals surface area contributed by atoms with Crippen LogP contribution < -0.4 is 15.8 Å². The Bertz CT molecular complexity index is 1120. The molecule has 0 radical (unpaired) electrons. The zero-order chi connectivity index (χ0) is 21.9. The largest absolute Gasteiger partial charge is 0.455 e. The van der Waals surface area contributed by atoms with Crippen molar-refractivity contribution in [2.75, 3.05) is 5.32 Å². The lowest BCUT2D eigenvalue weighted by molar-refractivity contribution is -0.137. The van der Waals surface area contributed by atoms with Crippen molar-refractivity contribution in [1.29, 1.82) is 0 Å². The van der Waals surface area contributed by atoms with E-state index in [4.69, 9.17) is 22.1 Å². The molecule has 30 heavy (non-hydrogen) atoms. The highest BCUT2D eigenvalue weighted by molar-refractivity contribution is 6.32. The van der Waals surface area contributed by atoms with Crippen LogP contribution in [0.2, 0.25) is 5.02 Å². The van der Waals surface area contributed by atoms with Crippen LogP contribution in [0.5, 0.6) is 11.5 Å². The molecular weight excluding hydrogens is 421 g/mol. The van der Waals surface area contributed by atoms with E-state index in [1.54, 1.807) is 12.1 Å². The van der Waals surface area contributed by atoms with Gasteiger partial charge in [0.2, 0.25) is 5.91 Å². The van der Waals surface area contributed by atoms with Crippen molar-refractivity contribution in [3.8, 4) is 11.5 Å². The Morgan fingerprint density at radius 3 is 2.33 bits per heavy atom. The van der Waals surface area contributed by atoms with Crippen LogP contribution in [0, 0.1) is 0 Å². The van der Waals surface area contributed by atoms with E-state index in [1.165, 1.54) is 36.4 Å². The molecule has 3 N–H and O–H groups in total. The Hall–Kier alpha value is -3.52. The number of hydrogen-bond acceptors (Lipinski definition) is 3. The van der Waals surface area contributed by atoms with E-state index in [-0.39, 0.29) is 33.3 Å². The van der Waals surface area contributed by atoms with E-state index < -0.39 is 23.6 Å². The molecule has 0 atom stereocenters. The van der Waals surface area contributed by atoms with E-state index >= 15 is 0 Å². The Kier molecular flexibility index (Phi) is 5.98. The first-order valence-corrected chi connectivity index (χ1v) is 8.88. The maximum atomic E-state index is 13.2. The first-order valence-electron chi connectivity index (χ1n) is 8.50. The molecule has 3 rings (SSSR count). The predicted molar refractivity (Wildman–Crippen MR) is 106 cm³/mol. The van der Waals surface area contributed by atoms with Gasteiger partial charge in [-0.25, -0.2) is 0 Å². The van der Waals surface area contributed by atoms with Gasteiger partial charge >= 0.3 is 6.18 Å². The Balaban J connectivity index is 1.99. The summed E-state index contributed by atoms with van der Waals surface area (Å²) in [6, 6.07) is 14.5. The summed E-state index contributed by atoms with van der Waals surface area (Å²) in [6.07, 6.45) is -4.66. The van der Waals surface area contributed by atoms with Crippen LogP contribution in [0.3, 0.4) is 0 Å². The minimum Gasteiger partial charge on any atom is -0.455 e. The molecule has 0 aliphatic heterocycles. The molecule has 0 aliphatic carbocycles. The van der Waals surface area contributed by atoms with Gasteiger partial charge in [-0.3, -0.25) is 9.59 Å². The zero-order valence-electron chi connectivity index (χ0n) is 15.2. The molecule has 0 fully saturated rings. The maximum absolute atomic E-state index is 13.2. The second kappa shape index (κ2) is 8.46. The minimum absolute atomic E-state index is 0.125. The third kappa shape index (κ3) is 4.90. The fraction of sp³-hybridized carbons (Fsp3) is 0.0476. The van der Waals surface area contributed by atoms with Gasteiger partial charge in [-0.2, -0.15) is 13.2 Å². The number of nitrogens with one attached hydrogen (secondary N) is 1. The standard InChI is InChI=1S/C21H14ClF3N2O3/c22-16-6-1-2-7-18(16)30-17-9-8-13(21(23,24)25)11-15(17)20(29)27-14-5-3-4-12(10-14)19(26)28/h1-11H,(H2,26,28)(H,27,29). The van der Waals surface area contributed by atoms with Gasteiger partial charge in [0.05, 0.1) is 16.1 Å². The number of amides is 2. The molecule has 5 nitrogen and oxygen atoms in total. The molecular formula is C21H14ClF3N2O3. The van der Waals surface area contributed by atoms with Gasteiger partial charge < -0.3 is 15.8 Å². The summed E-state index contributed by atoms with van der Waals surface area (Å²) in [7, 11) is 0. The number of alkyl halides is 3. The first kappa shape index (κ1) is 21.2. The number of hydrogen-bond donors (Lipinski definition) is 2. The highest BCUT2D eigenvalue weighted by Crippen LogP contribution is 2.36. The molecule has 154 valence electrons. The van der Waals surface area contributed by atoms with Gasteiger partial charge in [0.15, 0.2) is 0 Å². The molecule has 0 spiro atoms. The smallest absolute Gasteiger partial charge is 0.416 e. The number of ether oxygens (including phenoxy) is 1. The summed E-state index contributed by atoms with van der Waals surface area (Å²) < 4.78 is 45.1. The number of benzene rings is 3. The Morgan fingerprint density at radius 2 is 1.67 bits per heavy atom. The summed E-state index contributed by atoms with van der Waals surface area (Å²) in [5.74, 6) is -1.54. The van der Waals surface area contributed by atoms with Crippen LogP contribution in [-0.2, 0) is 6.18 Å². The number of halogens is 4. The molecule has 0 aliphatic rings. The van der Waals surface area contributed by atoms with Crippen LogP contribution in [0.4, 0.5) is 18.9 Å². The number of carbonyl (C=O) groups excluding carboxylic acids is 2. The SMILES string of the molecule is NC(=O)c1cccc(NC(=O)c2cc(C(F)(F)F)ccc2Oc2ccccc2Cl)c1. The molecule has 0 aromatic heterocycles. The van der Waals surface area contributed by atoms with Gasteiger partial charge in [-0.1, -0.05) is 29.8 Å². The molecule has 3 aromatic rings. The van der Waals surface area contributed by atoms with Crippen LogP contribution in [-0.4, -0.2) is 11.8 Å². The first-order chi connectivity index (χ1) is 14.1. The van der Waals surface area contributed by atoms with E-state index in [2.05, 4.69) is 5.32 Å². The Morgan fingerprint density at radius 1 is 0.933 bits per heavy atom. The number of primary amides is 1. The van der Waals surface area contributed by atoms with Crippen LogP contribution >= 0.6 is 11.6 Å². The highest BCUT2D eigenvalue weighted by atomic mass is 35.5. The van der Waals surface area contributed by atoms with Crippen molar-refractivity contribution in [2.24, 2.45) is 5.73 Å². The third-order valence-electron chi connectivity index (χ3n) is 4.01. The van der Waals surface area contributed by atoms with Crippen molar-refractivity contribution in [1.82, 2.24) is 0 Å². The number of rotatable bonds is 5. The normalized spacial score (nSPS) is 11.1. The lowest BCUT2D eigenvalue weighted by atomic mass is 10.1. The summed E-state index contributed by atoms with van der Waals surface area (Å²) >= 11 is 6.04. The summed E-state index contributed by atoms with van der Waals surface area (Å²) in [5.41, 5.74) is 4.13. The summed E-state index contributed by atoms with van der Waals surface area (Å²) in [4.78, 5) is 24.1. The van der Waals surface area contributed by atoms with Crippen molar-refractivity contribution in [3.63, 3.8) is 0 Å². The lowest BCUT2D eigenvalue weighted by Gasteiger charge is -2.15. The van der Waals surface area contributed by atoms with Crippen LogP contribution in [0.1, 0.15) is 26.3 Å². The predicted octanol–water partition coefficient (Wildman–Crippen LogP) is 5.50. The van der Waals surface area contributed by atoms with E-state index in [1.807, 2.05) is 0 Å². The number of anilines is 1. The second-order valence-electron chi connectivity index (χ2n) is 6.14. The van der Waals surface area contributed by atoms with E-state index in [0.717, 1.165) is 12.1 Å². The zero-order valence-corrected chi connectivity index (χ0v) is 15.9. The van der Waals surface area contributed by atoms with Crippen LogP contribution in [0.15, 0.2) is 66.7 Å². The second-order valence-corrected chi connectivity index (χ2v) is 6.55. The molecule has 3 aromatic carbocycles. The van der Waals surface area contributed by atoms with Gasteiger partial charge in [0, 0.05) is 11.3 Å². The van der Waals surface area contributed by atoms with E-state index in [0.29, 0.717) is 6.07 Å². The molecule has 2 amide bonds. The third-order valence-corrected chi connectivity index (χ3v) is 4.33. The summed E-state index contributed by atoms with van der Waals surface area (Å²) in [6.45, 7) is 0. The summed E-state index contributed by atoms with van der Waals surface area (Å²) in [5, 5.41) is 2.67. The Labute approximate surface area is 174 Å². The quantitative estimate of drug-likeness (QED) is 0.556.